The van der Waals surface area contributed by atoms with E-state index in [-0.39, 0.29) is 0 Å². The van der Waals surface area contributed by atoms with Gasteiger partial charge in [0, 0.05) is 6.04 Å². The molecule has 0 aromatic heterocycles. The van der Waals surface area contributed by atoms with Crippen LogP contribution in [0.4, 0.5) is 0 Å². The average Bonchev–Trinajstić information content (AvgIpc) is 2.16. The van der Waals surface area contributed by atoms with Crippen molar-refractivity contribution in [3.63, 3.8) is 0 Å². The van der Waals surface area contributed by atoms with E-state index in [1.54, 1.807) is 7.11 Å². The van der Waals surface area contributed by atoms with Crippen LogP contribution < -0.4 is 10.1 Å². The number of ether oxygens (including phenoxy) is 1. The third-order valence-electron chi connectivity index (χ3n) is 2.11. The quantitative estimate of drug-likeness (QED) is 0.864. The van der Waals surface area contributed by atoms with Gasteiger partial charge in [-0.1, -0.05) is 6.07 Å². The standard InChI is InChI=1S/C10H14INO/c1-7(12-2)8-4-5-10(13-3)9(11)6-8/h4-7,12H,1-3H3/t7-/m0/s1. The molecule has 0 radical (unpaired) electrons. The van der Waals surface area contributed by atoms with Crippen molar-refractivity contribution in [2.24, 2.45) is 0 Å². The fourth-order valence-electron chi connectivity index (χ4n) is 1.12. The summed E-state index contributed by atoms with van der Waals surface area (Å²) in [6.07, 6.45) is 0. The number of nitrogens with one attached hydrogen (secondary N) is 1. The lowest BCUT2D eigenvalue weighted by atomic mass is 10.1. The Hall–Kier alpha value is -0.290. The summed E-state index contributed by atoms with van der Waals surface area (Å²) in [5.74, 6) is 0.938. The van der Waals surface area contributed by atoms with Crippen LogP contribution >= 0.6 is 22.6 Å². The number of methoxy groups -OCH3 is 1. The molecule has 13 heavy (non-hydrogen) atoms. The van der Waals surface area contributed by atoms with Gasteiger partial charge in [-0.05, 0) is 54.3 Å². The molecule has 1 atom stereocenters. The van der Waals surface area contributed by atoms with E-state index >= 15 is 0 Å². The van der Waals surface area contributed by atoms with Crippen LogP contribution in [0, 0.1) is 3.57 Å². The molecule has 0 aliphatic carbocycles. The fourth-order valence-corrected chi connectivity index (χ4v) is 1.88. The van der Waals surface area contributed by atoms with Gasteiger partial charge < -0.3 is 10.1 Å². The minimum Gasteiger partial charge on any atom is -0.496 e. The highest BCUT2D eigenvalue weighted by Crippen LogP contribution is 2.24. The molecule has 2 nitrogen and oxygen atoms in total. The molecule has 0 fully saturated rings. The lowest BCUT2D eigenvalue weighted by Gasteiger charge is -2.12. The molecule has 1 aromatic rings. The summed E-state index contributed by atoms with van der Waals surface area (Å²) in [7, 11) is 3.65. The van der Waals surface area contributed by atoms with E-state index in [4.69, 9.17) is 4.74 Å². The fraction of sp³-hybridized carbons (Fsp3) is 0.400. The molecule has 0 saturated carbocycles. The number of benzene rings is 1. The summed E-state index contributed by atoms with van der Waals surface area (Å²) in [5.41, 5.74) is 1.28. The molecule has 0 aliphatic rings. The second kappa shape index (κ2) is 4.81. The maximum absolute atomic E-state index is 5.19. The summed E-state index contributed by atoms with van der Waals surface area (Å²) in [4.78, 5) is 0. The van der Waals surface area contributed by atoms with E-state index < -0.39 is 0 Å². The molecular weight excluding hydrogens is 277 g/mol. The third-order valence-corrected chi connectivity index (χ3v) is 2.95. The Bertz CT molecular complexity index is 288. The van der Waals surface area contributed by atoms with Gasteiger partial charge in [0.15, 0.2) is 0 Å². The molecule has 0 unspecified atom stereocenters. The van der Waals surface area contributed by atoms with Crippen LogP contribution in [0.2, 0.25) is 0 Å². The van der Waals surface area contributed by atoms with Gasteiger partial charge in [0.25, 0.3) is 0 Å². The molecule has 0 heterocycles. The van der Waals surface area contributed by atoms with Crippen LogP contribution in [-0.4, -0.2) is 14.2 Å². The smallest absolute Gasteiger partial charge is 0.132 e. The highest BCUT2D eigenvalue weighted by molar-refractivity contribution is 14.1. The highest BCUT2D eigenvalue weighted by atomic mass is 127. The normalized spacial score (nSPS) is 12.6. The van der Waals surface area contributed by atoms with Gasteiger partial charge in [-0.2, -0.15) is 0 Å². The molecule has 0 saturated heterocycles. The first-order chi connectivity index (χ1) is 6.19. The first kappa shape index (κ1) is 10.8. The van der Waals surface area contributed by atoms with Crippen molar-refractivity contribution >= 4 is 22.6 Å². The summed E-state index contributed by atoms with van der Waals surface area (Å²) >= 11 is 2.28. The largest absolute Gasteiger partial charge is 0.496 e. The molecule has 0 aliphatic heterocycles. The van der Waals surface area contributed by atoms with Crippen LogP contribution in [0.3, 0.4) is 0 Å². The van der Waals surface area contributed by atoms with Crippen LogP contribution in [-0.2, 0) is 0 Å². The van der Waals surface area contributed by atoms with E-state index in [1.807, 2.05) is 13.1 Å². The third kappa shape index (κ3) is 2.57. The van der Waals surface area contributed by atoms with Crippen LogP contribution in [0.25, 0.3) is 0 Å². The van der Waals surface area contributed by atoms with Gasteiger partial charge in [-0.25, -0.2) is 0 Å². The van der Waals surface area contributed by atoms with Crippen LogP contribution in [0.1, 0.15) is 18.5 Å². The Kier molecular flexibility index (Phi) is 3.99. The lowest BCUT2D eigenvalue weighted by Crippen LogP contribution is -2.12. The Morgan fingerprint density at radius 1 is 1.46 bits per heavy atom. The predicted octanol–water partition coefficient (Wildman–Crippen LogP) is 2.58. The van der Waals surface area contributed by atoms with Crippen molar-refractivity contribution in [2.75, 3.05) is 14.2 Å². The van der Waals surface area contributed by atoms with Crippen molar-refractivity contribution in [3.8, 4) is 5.75 Å². The topological polar surface area (TPSA) is 21.3 Å². The summed E-state index contributed by atoms with van der Waals surface area (Å²) in [5, 5.41) is 3.20. The van der Waals surface area contributed by atoms with E-state index in [0.29, 0.717) is 6.04 Å². The van der Waals surface area contributed by atoms with Crippen molar-refractivity contribution in [1.29, 1.82) is 0 Å². The molecular formula is C10H14INO. The number of hydrogen-bond acceptors (Lipinski definition) is 2. The first-order valence-corrected chi connectivity index (χ1v) is 5.27. The first-order valence-electron chi connectivity index (χ1n) is 4.19. The zero-order chi connectivity index (χ0) is 9.84. The van der Waals surface area contributed by atoms with Crippen LogP contribution in [0.15, 0.2) is 18.2 Å². The van der Waals surface area contributed by atoms with Gasteiger partial charge in [0.1, 0.15) is 5.75 Å². The Morgan fingerprint density at radius 2 is 2.15 bits per heavy atom. The maximum Gasteiger partial charge on any atom is 0.132 e. The van der Waals surface area contributed by atoms with E-state index in [2.05, 4.69) is 47.0 Å². The Balaban J connectivity index is 2.95. The molecule has 72 valence electrons. The lowest BCUT2D eigenvalue weighted by molar-refractivity contribution is 0.411. The molecule has 0 amide bonds. The number of hydrogen-bond donors (Lipinski definition) is 1. The van der Waals surface area contributed by atoms with E-state index in [1.165, 1.54) is 5.56 Å². The van der Waals surface area contributed by atoms with Gasteiger partial charge in [-0.15, -0.1) is 0 Å². The molecule has 0 spiro atoms. The molecule has 1 rings (SSSR count). The van der Waals surface area contributed by atoms with Gasteiger partial charge in [0.05, 0.1) is 10.7 Å². The number of rotatable bonds is 3. The van der Waals surface area contributed by atoms with Gasteiger partial charge in [0.2, 0.25) is 0 Å². The van der Waals surface area contributed by atoms with Crippen molar-refractivity contribution in [1.82, 2.24) is 5.32 Å². The zero-order valence-corrected chi connectivity index (χ0v) is 10.3. The zero-order valence-electron chi connectivity index (χ0n) is 8.10. The molecule has 1 N–H and O–H groups in total. The molecule has 0 bridgehead atoms. The monoisotopic (exact) mass is 291 g/mol. The minimum atomic E-state index is 0.388. The second-order valence-corrected chi connectivity index (χ2v) is 4.07. The van der Waals surface area contributed by atoms with Crippen molar-refractivity contribution in [3.05, 3.63) is 27.3 Å². The van der Waals surface area contributed by atoms with Crippen molar-refractivity contribution in [2.45, 2.75) is 13.0 Å². The molecule has 1 aromatic carbocycles. The Labute approximate surface area is 92.8 Å². The average molecular weight is 291 g/mol. The molecule has 3 heteroatoms. The SMILES string of the molecule is CN[C@@H](C)c1ccc(OC)c(I)c1. The Morgan fingerprint density at radius 3 is 2.62 bits per heavy atom. The number of halogens is 1. The van der Waals surface area contributed by atoms with Crippen LogP contribution in [0.5, 0.6) is 5.75 Å². The minimum absolute atomic E-state index is 0.388. The summed E-state index contributed by atoms with van der Waals surface area (Å²) < 4.78 is 6.34. The van der Waals surface area contributed by atoms with Crippen molar-refractivity contribution < 1.29 is 4.74 Å². The second-order valence-electron chi connectivity index (χ2n) is 2.90. The van der Waals surface area contributed by atoms with Gasteiger partial charge >= 0.3 is 0 Å². The summed E-state index contributed by atoms with van der Waals surface area (Å²) in [6.45, 7) is 2.14. The maximum atomic E-state index is 5.19. The van der Waals surface area contributed by atoms with E-state index in [9.17, 15) is 0 Å². The van der Waals surface area contributed by atoms with Gasteiger partial charge in [-0.3, -0.25) is 0 Å². The highest BCUT2D eigenvalue weighted by Gasteiger charge is 2.05. The predicted molar refractivity (Wildman–Crippen MR) is 63.2 cm³/mol. The summed E-state index contributed by atoms with van der Waals surface area (Å²) in [6, 6.07) is 6.62. The van der Waals surface area contributed by atoms with E-state index in [0.717, 1.165) is 9.32 Å².